The van der Waals surface area contributed by atoms with E-state index in [9.17, 15) is 0 Å². The Balaban J connectivity index is 3.56. The van der Waals surface area contributed by atoms with Crippen LogP contribution in [0.3, 0.4) is 0 Å². The minimum Gasteiger partial charge on any atom is -0.396 e. The number of hydrogen-bond donors (Lipinski definition) is 1. The van der Waals surface area contributed by atoms with Crippen LogP contribution in [0.5, 0.6) is 0 Å². The molecule has 0 aromatic rings. The van der Waals surface area contributed by atoms with Gasteiger partial charge in [0.2, 0.25) is 0 Å². The molecule has 1 heteroatoms. The number of rotatable bonds is 5. The molecular weight excluding hydrogens is 148 g/mol. The summed E-state index contributed by atoms with van der Waals surface area (Å²) in [7, 11) is 0. The first kappa shape index (κ1) is 11.7. The van der Waals surface area contributed by atoms with Gasteiger partial charge in [0.1, 0.15) is 0 Å². The first-order chi connectivity index (χ1) is 5.48. The minimum atomic E-state index is 0.0846. The van der Waals surface area contributed by atoms with Crippen LogP contribution in [0.4, 0.5) is 0 Å². The van der Waals surface area contributed by atoms with Gasteiger partial charge in [-0.1, -0.05) is 39.8 Å². The largest absolute Gasteiger partial charge is 0.396 e. The maximum atomic E-state index is 8.98. The van der Waals surface area contributed by atoms with Crippen molar-refractivity contribution in [1.82, 2.24) is 0 Å². The molecule has 1 N–H and O–H groups in total. The van der Waals surface area contributed by atoms with Gasteiger partial charge >= 0.3 is 0 Å². The van der Waals surface area contributed by atoms with Crippen molar-refractivity contribution >= 4 is 0 Å². The Bertz CT molecular complexity index is 134. The molecule has 0 aliphatic carbocycles. The summed E-state index contributed by atoms with van der Waals surface area (Å²) in [5.41, 5.74) is 0.0846. The molecule has 0 fully saturated rings. The lowest BCUT2D eigenvalue weighted by Crippen LogP contribution is -2.15. The van der Waals surface area contributed by atoms with Gasteiger partial charge in [0.25, 0.3) is 0 Å². The molecule has 0 radical (unpaired) electrons. The Morgan fingerprint density at radius 3 is 2.33 bits per heavy atom. The Morgan fingerprint density at radius 1 is 1.33 bits per heavy atom. The minimum absolute atomic E-state index is 0.0846. The van der Waals surface area contributed by atoms with Gasteiger partial charge in [0.15, 0.2) is 0 Å². The smallest absolute Gasteiger partial charge is 0.0482 e. The van der Waals surface area contributed by atoms with E-state index in [2.05, 4.69) is 39.8 Å². The van der Waals surface area contributed by atoms with E-state index in [1.807, 2.05) is 0 Å². The van der Waals surface area contributed by atoms with Crippen LogP contribution >= 0.6 is 0 Å². The van der Waals surface area contributed by atoms with E-state index in [1.54, 1.807) is 0 Å². The standard InChI is InChI=1S/C11H22O/c1-10(2)7-5-6-8-11(3,4)9-12/h5,7,10,12H,6,8-9H2,1-4H3/b7-5+. The van der Waals surface area contributed by atoms with E-state index in [1.165, 1.54) is 0 Å². The van der Waals surface area contributed by atoms with Gasteiger partial charge in [0.05, 0.1) is 0 Å². The quantitative estimate of drug-likeness (QED) is 0.629. The fourth-order valence-corrected chi connectivity index (χ4v) is 0.922. The SMILES string of the molecule is CC(C)/C=C/CCC(C)(C)CO. The van der Waals surface area contributed by atoms with Gasteiger partial charge < -0.3 is 5.11 Å². The van der Waals surface area contributed by atoms with Crippen LogP contribution in [0.2, 0.25) is 0 Å². The molecule has 0 aromatic carbocycles. The highest BCUT2D eigenvalue weighted by atomic mass is 16.3. The van der Waals surface area contributed by atoms with Gasteiger partial charge in [-0.3, -0.25) is 0 Å². The van der Waals surface area contributed by atoms with E-state index in [0.717, 1.165) is 12.8 Å². The first-order valence-corrected chi connectivity index (χ1v) is 4.75. The molecular formula is C11H22O. The normalized spacial score (nSPS) is 13.2. The highest BCUT2D eigenvalue weighted by Crippen LogP contribution is 2.21. The van der Waals surface area contributed by atoms with E-state index in [0.29, 0.717) is 5.92 Å². The van der Waals surface area contributed by atoms with Crippen LogP contribution in [0.15, 0.2) is 12.2 Å². The maximum Gasteiger partial charge on any atom is 0.0482 e. The summed E-state index contributed by atoms with van der Waals surface area (Å²) in [5, 5.41) is 8.98. The van der Waals surface area contributed by atoms with E-state index >= 15 is 0 Å². The van der Waals surface area contributed by atoms with Gasteiger partial charge in [0, 0.05) is 6.61 Å². The summed E-state index contributed by atoms with van der Waals surface area (Å²) >= 11 is 0. The molecule has 0 aromatic heterocycles. The van der Waals surface area contributed by atoms with Crippen LogP contribution in [-0.2, 0) is 0 Å². The number of hydrogen-bond acceptors (Lipinski definition) is 1. The Kier molecular flexibility index (Phi) is 5.23. The number of aliphatic hydroxyl groups is 1. The molecule has 0 amide bonds. The summed E-state index contributed by atoms with van der Waals surface area (Å²) in [5.74, 6) is 0.641. The third kappa shape index (κ3) is 6.41. The topological polar surface area (TPSA) is 20.2 Å². The average Bonchev–Trinajstić information content (AvgIpc) is 1.98. The monoisotopic (exact) mass is 170 g/mol. The van der Waals surface area contributed by atoms with Crippen molar-refractivity contribution in [2.45, 2.75) is 40.5 Å². The number of aliphatic hydroxyl groups excluding tert-OH is 1. The second-order valence-corrected chi connectivity index (χ2v) is 4.53. The van der Waals surface area contributed by atoms with Crippen molar-refractivity contribution in [2.75, 3.05) is 6.61 Å². The highest BCUT2D eigenvalue weighted by molar-refractivity contribution is 4.85. The molecule has 0 unspecified atom stereocenters. The predicted molar refractivity (Wildman–Crippen MR) is 54.1 cm³/mol. The van der Waals surface area contributed by atoms with E-state index in [-0.39, 0.29) is 12.0 Å². The molecule has 0 saturated carbocycles. The zero-order valence-electron chi connectivity index (χ0n) is 8.80. The van der Waals surface area contributed by atoms with Crippen LogP contribution in [0.1, 0.15) is 40.5 Å². The third-order valence-electron chi connectivity index (χ3n) is 1.94. The predicted octanol–water partition coefficient (Wildman–Crippen LogP) is 3.00. The zero-order chi connectivity index (χ0) is 9.61. The van der Waals surface area contributed by atoms with Gasteiger partial charge in [-0.2, -0.15) is 0 Å². The van der Waals surface area contributed by atoms with Crippen LogP contribution < -0.4 is 0 Å². The summed E-state index contributed by atoms with van der Waals surface area (Å²) in [6.07, 6.45) is 6.56. The zero-order valence-corrected chi connectivity index (χ0v) is 8.80. The molecule has 72 valence electrons. The molecule has 0 saturated heterocycles. The highest BCUT2D eigenvalue weighted by Gasteiger charge is 2.14. The summed E-state index contributed by atoms with van der Waals surface area (Å²) < 4.78 is 0. The van der Waals surface area contributed by atoms with Crippen molar-refractivity contribution < 1.29 is 5.11 Å². The molecule has 0 atom stereocenters. The molecule has 1 nitrogen and oxygen atoms in total. The Labute approximate surface area is 76.5 Å². The van der Waals surface area contributed by atoms with Gasteiger partial charge in [-0.05, 0) is 24.2 Å². The van der Waals surface area contributed by atoms with Crippen LogP contribution in [0.25, 0.3) is 0 Å². The molecule has 0 heterocycles. The average molecular weight is 170 g/mol. The fourth-order valence-electron chi connectivity index (χ4n) is 0.922. The molecule has 0 bridgehead atoms. The second-order valence-electron chi connectivity index (χ2n) is 4.53. The van der Waals surface area contributed by atoms with E-state index in [4.69, 9.17) is 5.11 Å². The fraction of sp³-hybridized carbons (Fsp3) is 0.818. The van der Waals surface area contributed by atoms with E-state index < -0.39 is 0 Å². The van der Waals surface area contributed by atoms with Gasteiger partial charge in [-0.15, -0.1) is 0 Å². The first-order valence-electron chi connectivity index (χ1n) is 4.75. The van der Waals surface area contributed by atoms with Crippen molar-refractivity contribution in [3.63, 3.8) is 0 Å². The van der Waals surface area contributed by atoms with Crippen molar-refractivity contribution in [1.29, 1.82) is 0 Å². The van der Waals surface area contributed by atoms with Crippen molar-refractivity contribution in [3.8, 4) is 0 Å². The molecule has 0 aliphatic rings. The maximum absolute atomic E-state index is 8.98. The molecule has 0 rings (SSSR count). The second kappa shape index (κ2) is 5.36. The Hall–Kier alpha value is -0.300. The molecule has 12 heavy (non-hydrogen) atoms. The lowest BCUT2D eigenvalue weighted by molar-refractivity contribution is 0.151. The lowest BCUT2D eigenvalue weighted by atomic mass is 9.89. The van der Waals surface area contributed by atoms with Crippen molar-refractivity contribution in [3.05, 3.63) is 12.2 Å². The Morgan fingerprint density at radius 2 is 1.92 bits per heavy atom. The summed E-state index contributed by atoms with van der Waals surface area (Å²) in [4.78, 5) is 0. The van der Waals surface area contributed by atoms with Crippen LogP contribution in [0, 0.1) is 11.3 Å². The van der Waals surface area contributed by atoms with Gasteiger partial charge in [-0.25, -0.2) is 0 Å². The van der Waals surface area contributed by atoms with Crippen LogP contribution in [-0.4, -0.2) is 11.7 Å². The van der Waals surface area contributed by atoms with Crippen molar-refractivity contribution in [2.24, 2.45) is 11.3 Å². The summed E-state index contributed by atoms with van der Waals surface area (Å²) in [6, 6.07) is 0. The molecule has 0 spiro atoms. The summed E-state index contributed by atoms with van der Waals surface area (Å²) in [6.45, 7) is 8.82. The number of allylic oxidation sites excluding steroid dienone is 2. The molecule has 0 aliphatic heterocycles. The third-order valence-corrected chi connectivity index (χ3v) is 1.94. The lowest BCUT2D eigenvalue weighted by Gasteiger charge is -2.20.